The van der Waals surface area contributed by atoms with Gasteiger partial charge in [-0.05, 0) is 37.5 Å². The zero-order chi connectivity index (χ0) is 19.1. The number of carbonyl (C=O) groups is 2. The molecule has 0 spiro atoms. The van der Waals surface area contributed by atoms with Crippen LogP contribution in [0.5, 0.6) is 0 Å². The van der Waals surface area contributed by atoms with Gasteiger partial charge in [-0.2, -0.15) is 0 Å². The number of benzene rings is 2. The Morgan fingerprint density at radius 3 is 2.63 bits per heavy atom. The number of ether oxygens (including phenoxy) is 1. The normalized spacial score (nSPS) is 11.9. The minimum absolute atomic E-state index is 0.270. The molecule has 0 saturated heterocycles. The predicted molar refractivity (Wildman–Crippen MR) is 106 cm³/mol. The first-order valence-electron chi connectivity index (χ1n) is 8.97. The first kappa shape index (κ1) is 19.0. The van der Waals surface area contributed by atoms with Crippen LogP contribution < -0.4 is 5.32 Å². The first-order chi connectivity index (χ1) is 13.1. The van der Waals surface area contributed by atoms with Crippen LogP contribution in [0, 0.1) is 0 Å². The third-order valence-corrected chi connectivity index (χ3v) is 5.19. The lowest BCUT2D eigenvalue weighted by Crippen LogP contribution is -2.35. The van der Waals surface area contributed by atoms with Crippen LogP contribution in [0.2, 0.25) is 0 Å². The number of esters is 1. The van der Waals surface area contributed by atoms with E-state index in [0.29, 0.717) is 13.0 Å². The van der Waals surface area contributed by atoms with Crippen LogP contribution in [0.4, 0.5) is 0 Å². The van der Waals surface area contributed by atoms with Gasteiger partial charge in [0.1, 0.15) is 0 Å². The molecule has 2 aromatic carbocycles. The highest BCUT2D eigenvalue weighted by molar-refractivity contribution is 7.18. The number of nitrogens with one attached hydrogen (secondary N) is 1. The Bertz CT molecular complexity index is 875. The summed E-state index contributed by atoms with van der Waals surface area (Å²) in [6, 6.07) is 17.6. The molecule has 0 radical (unpaired) electrons. The number of thiazole rings is 1. The molecule has 0 fully saturated rings. The maximum Gasteiger partial charge on any atom is 0.306 e. The molecule has 0 aliphatic heterocycles. The van der Waals surface area contributed by atoms with Crippen molar-refractivity contribution in [2.45, 2.75) is 38.8 Å². The molecule has 0 aliphatic carbocycles. The number of nitrogens with zero attached hydrogens (tertiary/aromatic N) is 1. The number of hydrogen-bond donors (Lipinski definition) is 1. The first-order valence-corrected chi connectivity index (χ1v) is 9.79. The van der Waals surface area contributed by atoms with Crippen LogP contribution in [0.1, 0.15) is 30.3 Å². The molecule has 6 heteroatoms. The Hall–Kier alpha value is -2.73. The van der Waals surface area contributed by atoms with Gasteiger partial charge < -0.3 is 10.1 Å². The average molecular weight is 382 g/mol. The molecule has 1 aromatic heterocycles. The number of para-hydroxylation sites is 1. The van der Waals surface area contributed by atoms with E-state index in [1.807, 2.05) is 54.6 Å². The lowest BCUT2D eigenvalue weighted by molar-refractivity contribution is -0.154. The Balaban J connectivity index is 1.38. The molecule has 1 atom stereocenters. The van der Waals surface area contributed by atoms with Crippen molar-refractivity contribution in [3.63, 3.8) is 0 Å². The van der Waals surface area contributed by atoms with E-state index in [1.54, 1.807) is 18.3 Å². The Kier molecular flexibility index (Phi) is 6.54. The zero-order valence-electron chi connectivity index (χ0n) is 15.2. The fourth-order valence-corrected chi connectivity index (χ4v) is 3.66. The van der Waals surface area contributed by atoms with Gasteiger partial charge in [0, 0.05) is 13.0 Å². The van der Waals surface area contributed by atoms with Crippen molar-refractivity contribution in [2.24, 2.45) is 0 Å². The minimum atomic E-state index is -0.802. The lowest BCUT2D eigenvalue weighted by Gasteiger charge is -2.13. The maximum atomic E-state index is 12.0. The second-order valence-electron chi connectivity index (χ2n) is 6.26. The van der Waals surface area contributed by atoms with Gasteiger partial charge in [-0.15, -0.1) is 11.3 Å². The van der Waals surface area contributed by atoms with Crippen LogP contribution in [-0.4, -0.2) is 23.0 Å². The Morgan fingerprint density at radius 2 is 1.85 bits per heavy atom. The Labute approximate surface area is 162 Å². The van der Waals surface area contributed by atoms with Crippen molar-refractivity contribution in [2.75, 3.05) is 0 Å². The number of amides is 1. The average Bonchev–Trinajstić information content (AvgIpc) is 3.09. The van der Waals surface area contributed by atoms with E-state index in [9.17, 15) is 9.59 Å². The molecule has 1 N–H and O–H groups in total. The van der Waals surface area contributed by atoms with E-state index in [4.69, 9.17) is 4.74 Å². The van der Waals surface area contributed by atoms with Gasteiger partial charge in [0.2, 0.25) is 0 Å². The molecule has 0 saturated carbocycles. The fraction of sp³-hybridized carbons (Fsp3) is 0.286. The molecule has 5 nitrogen and oxygen atoms in total. The third kappa shape index (κ3) is 5.62. The molecule has 0 bridgehead atoms. The van der Waals surface area contributed by atoms with Crippen molar-refractivity contribution in [1.29, 1.82) is 0 Å². The molecule has 140 valence electrons. The number of rotatable bonds is 8. The summed E-state index contributed by atoms with van der Waals surface area (Å²) in [6.07, 6.45) is 0.843. The highest BCUT2D eigenvalue weighted by Crippen LogP contribution is 2.22. The van der Waals surface area contributed by atoms with Crippen molar-refractivity contribution in [1.82, 2.24) is 10.3 Å². The third-order valence-electron chi connectivity index (χ3n) is 4.10. The second kappa shape index (κ2) is 9.28. The van der Waals surface area contributed by atoms with Crippen molar-refractivity contribution < 1.29 is 14.3 Å². The van der Waals surface area contributed by atoms with Gasteiger partial charge in [-0.1, -0.05) is 42.5 Å². The smallest absolute Gasteiger partial charge is 0.306 e. The highest BCUT2D eigenvalue weighted by Gasteiger charge is 2.17. The topological polar surface area (TPSA) is 68.3 Å². The summed E-state index contributed by atoms with van der Waals surface area (Å²) < 4.78 is 6.38. The molecule has 0 unspecified atom stereocenters. The molecule has 1 heterocycles. The highest BCUT2D eigenvalue weighted by atomic mass is 32.1. The van der Waals surface area contributed by atoms with Gasteiger partial charge in [0.15, 0.2) is 6.10 Å². The maximum absolute atomic E-state index is 12.0. The van der Waals surface area contributed by atoms with Crippen LogP contribution in [0.3, 0.4) is 0 Å². The number of aromatic nitrogens is 1. The van der Waals surface area contributed by atoms with Gasteiger partial charge in [0.05, 0.1) is 15.2 Å². The molecule has 1 amide bonds. The van der Waals surface area contributed by atoms with Crippen LogP contribution in [0.25, 0.3) is 10.2 Å². The van der Waals surface area contributed by atoms with Gasteiger partial charge >= 0.3 is 5.97 Å². The SMILES string of the molecule is C[C@H](OC(=O)CCCc1nc2ccccc2s1)C(=O)NCc1ccccc1. The second-order valence-corrected chi connectivity index (χ2v) is 7.38. The minimum Gasteiger partial charge on any atom is -0.453 e. The number of carbonyl (C=O) groups excluding carboxylic acids is 2. The summed E-state index contributed by atoms with van der Waals surface area (Å²) in [5.74, 6) is -0.656. The van der Waals surface area contributed by atoms with Crippen LogP contribution in [-0.2, 0) is 27.3 Å². The van der Waals surface area contributed by atoms with E-state index in [0.717, 1.165) is 27.2 Å². The van der Waals surface area contributed by atoms with E-state index in [2.05, 4.69) is 10.3 Å². The summed E-state index contributed by atoms with van der Waals surface area (Å²) in [6.45, 7) is 2.00. The predicted octanol–water partition coefficient (Wildman–Crippen LogP) is 3.87. The van der Waals surface area contributed by atoms with E-state index in [-0.39, 0.29) is 18.3 Å². The van der Waals surface area contributed by atoms with Crippen LogP contribution in [0.15, 0.2) is 54.6 Å². The summed E-state index contributed by atoms with van der Waals surface area (Å²) in [5.41, 5.74) is 1.99. The van der Waals surface area contributed by atoms with E-state index < -0.39 is 6.10 Å². The molecular weight excluding hydrogens is 360 g/mol. The summed E-state index contributed by atoms with van der Waals surface area (Å²) >= 11 is 1.64. The van der Waals surface area contributed by atoms with Crippen molar-refractivity contribution >= 4 is 33.4 Å². The summed E-state index contributed by atoms with van der Waals surface area (Å²) in [4.78, 5) is 28.6. The Morgan fingerprint density at radius 1 is 1.11 bits per heavy atom. The molecular formula is C21H22N2O3S. The largest absolute Gasteiger partial charge is 0.453 e. The van der Waals surface area contributed by atoms with Gasteiger partial charge in [-0.3, -0.25) is 9.59 Å². The number of hydrogen-bond acceptors (Lipinski definition) is 5. The van der Waals surface area contributed by atoms with E-state index >= 15 is 0 Å². The summed E-state index contributed by atoms with van der Waals surface area (Å²) in [7, 11) is 0. The molecule has 3 aromatic rings. The fourth-order valence-electron chi connectivity index (χ4n) is 2.65. The number of fused-ring (bicyclic) bond motifs is 1. The van der Waals surface area contributed by atoms with Crippen molar-refractivity contribution in [3.8, 4) is 0 Å². The number of aryl methyl sites for hydroxylation is 1. The molecule has 3 rings (SSSR count). The van der Waals surface area contributed by atoms with Gasteiger partial charge in [-0.25, -0.2) is 4.98 Å². The van der Waals surface area contributed by atoms with E-state index in [1.165, 1.54) is 0 Å². The zero-order valence-corrected chi connectivity index (χ0v) is 16.0. The van der Waals surface area contributed by atoms with Crippen molar-refractivity contribution in [3.05, 3.63) is 65.2 Å². The monoisotopic (exact) mass is 382 g/mol. The summed E-state index contributed by atoms with van der Waals surface area (Å²) in [5, 5.41) is 3.79. The standard InChI is InChI=1S/C21H22N2O3S/c1-15(21(25)22-14-16-8-3-2-4-9-16)26-20(24)13-7-12-19-23-17-10-5-6-11-18(17)27-19/h2-6,8-11,15H,7,12-14H2,1H3,(H,22,25)/t15-/m0/s1. The molecule has 27 heavy (non-hydrogen) atoms. The van der Waals surface area contributed by atoms with Crippen LogP contribution >= 0.6 is 11.3 Å². The van der Waals surface area contributed by atoms with Gasteiger partial charge in [0.25, 0.3) is 5.91 Å². The quantitative estimate of drug-likeness (QED) is 0.601. The lowest BCUT2D eigenvalue weighted by atomic mass is 10.2. The molecule has 0 aliphatic rings.